The average Bonchev–Trinajstić information content (AvgIpc) is 2.09. The highest BCUT2D eigenvalue weighted by Crippen LogP contribution is 1.94. The topological polar surface area (TPSA) is 38.3 Å². The van der Waals surface area contributed by atoms with E-state index in [2.05, 4.69) is 19.2 Å². The molecule has 0 spiro atoms. The summed E-state index contributed by atoms with van der Waals surface area (Å²) in [6.07, 6.45) is 0.835. The highest BCUT2D eigenvalue weighted by molar-refractivity contribution is 6.30. The van der Waals surface area contributed by atoms with E-state index < -0.39 is 5.38 Å². The summed E-state index contributed by atoms with van der Waals surface area (Å²) in [5.74, 6) is 0.447. The molecule has 0 fully saturated rings. The van der Waals surface area contributed by atoms with Crippen molar-refractivity contribution in [2.45, 2.75) is 32.6 Å². The molecule has 0 heterocycles. The summed E-state index contributed by atoms with van der Waals surface area (Å²) >= 11 is 5.57. The molecule has 0 aliphatic rings. The SMILES string of the molecule is CC(C)COCCCNC(=O)C(C)Cl. The lowest BCUT2D eigenvalue weighted by molar-refractivity contribution is -0.120. The molecule has 0 saturated carbocycles. The summed E-state index contributed by atoms with van der Waals surface area (Å²) < 4.78 is 5.35. The van der Waals surface area contributed by atoms with E-state index >= 15 is 0 Å². The van der Waals surface area contributed by atoms with Crippen molar-refractivity contribution in [3.63, 3.8) is 0 Å². The third-order valence-corrected chi connectivity index (χ3v) is 1.78. The summed E-state index contributed by atoms with van der Waals surface area (Å²) in [6, 6.07) is 0. The minimum Gasteiger partial charge on any atom is -0.381 e. The van der Waals surface area contributed by atoms with Gasteiger partial charge in [0.2, 0.25) is 5.91 Å². The molecule has 0 aromatic rings. The Morgan fingerprint density at radius 3 is 2.57 bits per heavy atom. The van der Waals surface area contributed by atoms with Gasteiger partial charge < -0.3 is 10.1 Å². The van der Waals surface area contributed by atoms with Crippen LogP contribution in [0.15, 0.2) is 0 Å². The third kappa shape index (κ3) is 8.32. The van der Waals surface area contributed by atoms with Crippen molar-refractivity contribution in [2.24, 2.45) is 5.92 Å². The van der Waals surface area contributed by atoms with Crippen molar-refractivity contribution in [3.05, 3.63) is 0 Å². The van der Waals surface area contributed by atoms with E-state index in [9.17, 15) is 4.79 Å². The molecule has 0 rings (SSSR count). The fourth-order valence-corrected chi connectivity index (χ4v) is 0.923. The predicted molar refractivity (Wildman–Crippen MR) is 58.6 cm³/mol. The molecule has 1 amide bonds. The number of halogens is 1. The van der Waals surface area contributed by atoms with Crippen molar-refractivity contribution in [2.75, 3.05) is 19.8 Å². The Morgan fingerprint density at radius 2 is 2.07 bits per heavy atom. The quantitative estimate of drug-likeness (QED) is 0.526. The first kappa shape index (κ1) is 13.7. The first-order valence-electron chi connectivity index (χ1n) is 5.03. The Kier molecular flexibility index (Phi) is 7.90. The van der Waals surface area contributed by atoms with Crippen molar-refractivity contribution < 1.29 is 9.53 Å². The molecule has 0 bridgehead atoms. The molecule has 1 N–H and O–H groups in total. The Balaban J connectivity index is 3.18. The average molecular weight is 222 g/mol. The van der Waals surface area contributed by atoms with E-state index in [1.165, 1.54) is 0 Å². The van der Waals surface area contributed by atoms with Gasteiger partial charge in [-0.25, -0.2) is 0 Å². The van der Waals surface area contributed by atoms with Crippen LogP contribution in [-0.2, 0) is 9.53 Å². The van der Waals surface area contributed by atoms with Gasteiger partial charge >= 0.3 is 0 Å². The Bertz CT molecular complexity index is 160. The second-order valence-electron chi connectivity index (χ2n) is 3.73. The summed E-state index contributed by atoms with van der Waals surface area (Å²) in [6.45, 7) is 7.98. The lowest BCUT2D eigenvalue weighted by atomic mass is 10.2. The van der Waals surface area contributed by atoms with E-state index in [1.54, 1.807) is 6.92 Å². The zero-order valence-corrected chi connectivity index (χ0v) is 9.93. The zero-order chi connectivity index (χ0) is 11.0. The maximum absolute atomic E-state index is 11.0. The second kappa shape index (κ2) is 8.06. The number of amides is 1. The fourth-order valence-electron chi connectivity index (χ4n) is 0.845. The van der Waals surface area contributed by atoms with Crippen molar-refractivity contribution >= 4 is 17.5 Å². The normalized spacial score (nSPS) is 12.9. The summed E-state index contributed by atoms with van der Waals surface area (Å²) in [5, 5.41) is 2.27. The van der Waals surface area contributed by atoms with Gasteiger partial charge in [-0.2, -0.15) is 0 Å². The van der Waals surface area contributed by atoms with Gasteiger partial charge in [-0.15, -0.1) is 11.6 Å². The molecule has 0 aliphatic carbocycles. The maximum Gasteiger partial charge on any atom is 0.237 e. The molecule has 0 aromatic carbocycles. The zero-order valence-electron chi connectivity index (χ0n) is 9.18. The molecular weight excluding hydrogens is 202 g/mol. The molecule has 0 aliphatic heterocycles. The minimum absolute atomic E-state index is 0.115. The van der Waals surface area contributed by atoms with E-state index in [4.69, 9.17) is 16.3 Å². The first-order valence-corrected chi connectivity index (χ1v) is 5.47. The molecule has 0 aromatic heterocycles. The molecule has 3 nitrogen and oxygen atoms in total. The maximum atomic E-state index is 11.0. The van der Waals surface area contributed by atoms with Crippen molar-refractivity contribution in [3.8, 4) is 0 Å². The monoisotopic (exact) mass is 221 g/mol. The van der Waals surface area contributed by atoms with E-state index in [1.807, 2.05) is 0 Å². The van der Waals surface area contributed by atoms with Crippen LogP contribution in [-0.4, -0.2) is 31.0 Å². The number of rotatable bonds is 7. The van der Waals surface area contributed by atoms with Gasteiger partial charge in [0.1, 0.15) is 5.38 Å². The second-order valence-corrected chi connectivity index (χ2v) is 4.38. The van der Waals surface area contributed by atoms with Crippen molar-refractivity contribution in [1.82, 2.24) is 5.32 Å². The molecule has 1 atom stereocenters. The lowest BCUT2D eigenvalue weighted by Crippen LogP contribution is -2.30. The van der Waals surface area contributed by atoms with Crippen LogP contribution in [0.5, 0.6) is 0 Å². The van der Waals surface area contributed by atoms with Crippen LogP contribution in [0.2, 0.25) is 0 Å². The molecule has 0 saturated heterocycles. The van der Waals surface area contributed by atoms with Gasteiger partial charge in [0, 0.05) is 19.8 Å². The number of ether oxygens (including phenoxy) is 1. The van der Waals surface area contributed by atoms with Gasteiger partial charge in [0.25, 0.3) is 0 Å². The van der Waals surface area contributed by atoms with Crippen LogP contribution >= 0.6 is 11.6 Å². The number of nitrogens with one attached hydrogen (secondary N) is 1. The molecule has 1 unspecified atom stereocenters. The molecule has 4 heteroatoms. The van der Waals surface area contributed by atoms with Crippen LogP contribution in [0.4, 0.5) is 0 Å². The Labute approximate surface area is 91.2 Å². The minimum atomic E-state index is -0.452. The van der Waals surface area contributed by atoms with Gasteiger partial charge in [-0.3, -0.25) is 4.79 Å². The van der Waals surface area contributed by atoms with E-state index in [0.29, 0.717) is 19.1 Å². The van der Waals surface area contributed by atoms with Crippen molar-refractivity contribution in [1.29, 1.82) is 0 Å². The molecule has 0 radical (unpaired) electrons. The molecule has 14 heavy (non-hydrogen) atoms. The van der Waals surface area contributed by atoms with Crippen LogP contribution in [0.3, 0.4) is 0 Å². The van der Waals surface area contributed by atoms with Crippen LogP contribution in [0, 0.1) is 5.92 Å². The summed E-state index contributed by atoms with van der Waals surface area (Å²) in [7, 11) is 0. The number of alkyl halides is 1. The number of hydrogen-bond acceptors (Lipinski definition) is 2. The predicted octanol–water partition coefficient (Wildman–Crippen LogP) is 1.79. The standard InChI is InChI=1S/C10H20ClNO2/c1-8(2)7-14-6-4-5-12-10(13)9(3)11/h8-9H,4-7H2,1-3H3,(H,12,13). The number of hydrogen-bond donors (Lipinski definition) is 1. The van der Waals surface area contributed by atoms with E-state index in [-0.39, 0.29) is 5.91 Å². The summed E-state index contributed by atoms with van der Waals surface area (Å²) in [4.78, 5) is 11.0. The van der Waals surface area contributed by atoms with E-state index in [0.717, 1.165) is 13.0 Å². The Morgan fingerprint density at radius 1 is 1.43 bits per heavy atom. The Hall–Kier alpha value is -0.280. The van der Waals surface area contributed by atoms with Gasteiger partial charge in [-0.05, 0) is 19.3 Å². The number of carbonyl (C=O) groups is 1. The van der Waals surface area contributed by atoms with Gasteiger partial charge in [0.05, 0.1) is 0 Å². The van der Waals surface area contributed by atoms with Gasteiger partial charge in [0.15, 0.2) is 0 Å². The lowest BCUT2D eigenvalue weighted by Gasteiger charge is -2.08. The molecule has 84 valence electrons. The van der Waals surface area contributed by atoms with Crippen LogP contribution in [0.1, 0.15) is 27.2 Å². The highest BCUT2D eigenvalue weighted by Gasteiger charge is 2.06. The fraction of sp³-hybridized carbons (Fsp3) is 0.900. The van der Waals surface area contributed by atoms with Gasteiger partial charge in [-0.1, -0.05) is 13.8 Å². The first-order chi connectivity index (χ1) is 6.54. The van der Waals surface area contributed by atoms with Crippen LogP contribution < -0.4 is 5.32 Å². The number of carbonyl (C=O) groups excluding carboxylic acids is 1. The van der Waals surface area contributed by atoms with Crippen LogP contribution in [0.25, 0.3) is 0 Å². The molecular formula is C10H20ClNO2. The largest absolute Gasteiger partial charge is 0.381 e. The summed E-state index contributed by atoms with van der Waals surface area (Å²) in [5.41, 5.74) is 0. The third-order valence-electron chi connectivity index (χ3n) is 1.58. The highest BCUT2D eigenvalue weighted by atomic mass is 35.5. The smallest absolute Gasteiger partial charge is 0.237 e.